The van der Waals surface area contributed by atoms with Crippen LogP contribution >= 0.6 is 11.8 Å². The Hall–Kier alpha value is -3.46. The summed E-state index contributed by atoms with van der Waals surface area (Å²) in [7, 11) is 1.51. The molecule has 28 heavy (non-hydrogen) atoms. The summed E-state index contributed by atoms with van der Waals surface area (Å²) >= 11 is 1.09. The summed E-state index contributed by atoms with van der Waals surface area (Å²) in [6.07, 6.45) is 0. The number of thioether (sulfide) groups is 1. The van der Waals surface area contributed by atoms with Gasteiger partial charge >= 0.3 is 11.3 Å². The quantitative estimate of drug-likeness (QED) is 0.238. The van der Waals surface area contributed by atoms with Crippen LogP contribution in [0.4, 0.5) is 0 Å². The van der Waals surface area contributed by atoms with Gasteiger partial charge in [-0.2, -0.15) is 0 Å². The SMILES string of the molecule is C[n+]1[nH]oc(=O)c1C(=O)CSc1nc2ccccc2c(=O)n1-c1ccccc1. The lowest BCUT2D eigenvalue weighted by atomic mass is 10.2. The van der Waals surface area contributed by atoms with Gasteiger partial charge in [0.1, 0.15) is 0 Å². The second-order valence-corrected chi connectivity index (χ2v) is 6.93. The number of nitrogens with one attached hydrogen (secondary N) is 1. The molecular weight excluding hydrogens is 380 g/mol. The Morgan fingerprint density at radius 1 is 1.14 bits per heavy atom. The number of Topliss-reactive ketones (excluding diaryl/α,β-unsaturated/α-hetero) is 1. The zero-order valence-electron chi connectivity index (χ0n) is 14.8. The number of benzene rings is 2. The van der Waals surface area contributed by atoms with Crippen molar-refractivity contribution in [2.24, 2.45) is 7.05 Å². The molecular formula is C19H15N4O4S+. The predicted molar refractivity (Wildman–Crippen MR) is 103 cm³/mol. The van der Waals surface area contributed by atoms with Crippen molar-refractivity contribution in [3.05, 3.63) is 81.1 Å². The van der Waals surface area contributed by atoms with Crippen LogP contribution in [-0.2, 0) is 7.05 Å². The van der Waals surface area contributed by atoms with Gasteiger partial charge < -0.3 is 0 Å². The summed E-state index contributed by atoms with van der Waals surface area (Å²) in [5.41, 5.74) is 0.133. The van der Waals surface area contributed by atoms with Gasteiger partial charge in [-0.15, -0.1) is 0 Å². The van der Waals surface area contributed by atoms with Crippen LogP contribution in [0.2, 0.25) is 0 Å². The van der Waals surface area contributed by atoms with Crippen molar-refractivity contribution in [1.29, 1.82) is 0 Å². The molecule has 0 saturated carbocycles. The molecule has 1 N–H and O–H groups in total. The number of ketones is 1. The lowest BCUT2D eigenvalue weighted by molar-refractivity contribution is -0.741. The molecule has 140 valence electrons. The van der Waals surface area contributed by atoms with Crippen LogP contribution in [0.15, 0.2) is 73.9 Å². The molecule has 0 saturated heterocycles. The van der Waals surface area contributed by atoms with Gasteiger partial charge in [0.15, 0.2) is 12.2 Å². The second-order valence-electron chi connectivity index (χ2n) is 5.99. The highest BCUT2D eigenvalue weighted by atomic mass is 32.2. The van der Waals surface area contributed by atoms with Crippen LogP contribution in [0, 0.1) is 0 Å². The zero-order chi connectivity index (χ0) is 19.7. The molecule has 0 amide bonds. The van der Waals surface area contributed by atoms with Crippen molar-refractivity contribution in [1.82, 2.24) is 14.8 Å². The molecule has 4 rings (SSSR count). The van der Waals surface area contributed by atoms with Crippen LogP contribution in [0.1, 0.15) is 10.5 Å². The Morgan fingerprint density at radius 2 is 1.86 bits per heavy atom. The van der Waals surface area contributed by atoms with E-state index in [2.05, 4.69) is 14.8 Å². The van der Waals surface area contributed by atoms with Gasteiger partial charge in [-0.05, 0) is 29.5 Å². The molecule has 0 fully saturated rings. The minimum Gasteiger partial charge on any atom is -0.286 e. The van der Waals surface area contributed by atoms with E-state index >= 15 is 0 Å². The van der Waals surface area contributed by atoms with Gasteiger partial charge in [0.05, 0.1) is 22.3 Å². The van der Waals surface area contributed by atoms with Crippen molar-refractivity contribution in [3.63, 3.8) is 0 Å². The molecule has 9 heteroatoms. The molecule has 0 atom stereocenters. The van der Waals surface area contributed by atoms with E-state index in [4.69, 9.17) is 0 Å². The number of carbonyl (C=O) groups excluding carboxylic acids is 1. The first-order valence-corrected chi connectivity index (χ1v) is 9.35. The monoisotopic (exact) mass is 395 g/mol. The topological polar surface area (TPSA) is 102 Å². The summed E-state index contributed by atoms with van der Waals surface area (Å²) < 4.78 is 7.32. The van der Waals surface area contributed by atoms with E-state index in [1.165, 1.54) is 16.3 Å². The van der Waals surface area contributed by atoms with Crippen LogP contribution in [-0.4, -0.2) is 26.4 Å². The number of H-pyrrole nitrogens is 1. The lowest BCUT2D eigenvalue weighted by Crippen LogP contribution is -2.39. The van der Waals surface area contributed by atoms with Crippen molar-refractivity contribution in [3.8, 4) is 5.69 Å². The first kappa shape index (κ1) is 17.9. The summed E-state index contributed by atoms with van der Waals surface area (Å²) in [6.45, 7) is 0. The Balaban J connectivity index is 1.79. The maximum Gasteiger partial charge on any atom is 0.438 e. The van der Waals surface area contributed by atoms with E-state index < -0.39 is 11.4 Å². The number of aromatic nitrogens is 4. The summed E-state index contributed by atoms with van der Waals surface area (Å²) in [4.78, 5) is 41.8. The number of aryl methyl sites for hydroxylation is 1. The Bertz CT molecular complexity index is 1290. The third-order valence-electron chi connectivity index (χ3n) is 4.16. The molecule has 0 aliphatic rings. The van der Waals surface area contributed by atoms with Gasteiger partial charge in [0.25, 0.3) is 5.56 Å². The number of nitrogens with zero attached hydrogens (tertiary/aromatic N) is 3. The second kappa shape index (κ2) is 7.28. The molecule has 0 radical (unpaired) electrons. The van der Waals surface area contributed by atoms with Crippen LogP contribution < -0.4 is 15.9 Å². The normalized spacial score (nSPS) is 11.0. The minimum absolute atomic E-state index is 0.0753. The third-order valence-corrected chi connectivity index (χ3v) is 5.10. The molecule has 2 aromatic heterocycles. The maximum absolute atomic E-state index is 13.1. The molecule has 4 aromatic rings. The molecule has 0 aliphatic heterocycles. The van der Waals surface area contributed by atoms with Crippen molar-refractivity contribution in [2.45, 2.75) is 5.16 Å². The number of para-hydroxylation sites is 2. The van der Waals surface area contributed by atoms with E-state index in [0.29, 0.717) is 21.7 Å². The van der Waals surface area contributed by atoms with Crippen LogP contribution in [0.25, 0.3) is 16.6 Å². The maximum atomic E-state index is 13.1. The van der Waals surface area contributed by atoms with Gasteiger partial charge in [0, 0.05) is 0 Å². The number of carbonyl (C=O) groups is 1. The van der Waals surface area contributed by atoms with E-state index in [0.717, 1.165) is 11.8 Å². The molecule has 2 aromatic carbocycles. The van der Waals surface area contributed by atoms with E-state index in [9.17, 15) is 14.4 Å². The Kier molecular flexibility index (Phi) is 4.66. The van der Waals surface area contributed by atoms with Gasteiger partial charge in [0.2, 0.25) is 5.78 Å². The number of rotatable bonds is 5. The molecule has 0 unspecified atom stereocenters. The van der Waals surface area contributed by atoms with E-state index in [1.807, 2.05) is 18.2 Å². The first-order chi connectivity index (χ1) is 13.6. The van der Waals surface area contributed by atoms with Gasteiger partial charge in [-0.3, -0.25) is 18.7 Å². The van der Waals surface area contributed by atoms with Crippen molar-refractivity contribution < 1.29 is 14.0 Å². The average molecular weight is 395 g/mol. The fourth-order valence-corrected chi connectivity index (χ4v) is 3.73. The van der Waals surface area contributed by atoms with E-state index in [-0.39, 0.29) is 17.0 Å². The highest BCUT2D eigenvalue weighted by molar-refractivity contribution is 7.99. The van der Waals surface area contributed by atoms with Crippen molar-refractivity contribution >= 4 is 28.4 Å². The summed E-state index contributed by atoms with van der Waals surface area (Å²) in [6, 6.07) is 16.1. The first-order valence-electron chi connectivity index (χ1n) is 8.37. The smallest absolute Gasteiger partial charge is 0.286 e. The fraction of sp³-hybridized carbons (Fsp3) is 0.105. The minimum atomic E-state index is -0.736. The molecule has 0 aliphatic carbocycles. The van der Waals surface area contributed by atoms with Crippen molar-refractivity contribution in [2.75, 3.05) is 5.75 Å². The molecule has 2 heterocycles. The van der Waals surface area contributed by atoms with Gasteiger partial charge in [-0.25, -0.2) is 9.78 Å². The summed E-state index contributed by atoms with van der Waals surface area (Å²) in [5, 5.41) is 3.17. The summed E-state index contributed by atoms with van der Waals surface area (Å²) in [5.74, 6) is -0.502. The average Bonchev–Trinajstić information content (AvgIpc) is 3.05. The largest absolute Gasteiger partial charge is 0.438 e. The highest BCUT2D eigenvalue weighted by Crippen LogP contribution is 2.21. The molecule has 0 bridgehead atoms. The standard InChI is InChI=1S/C19H14N4O4S/c1-22-16(18(26)27-21-22)15(24)11-28-19-20-14-10-6-5-9-13(14)17(25)23(19)12-7-3-2-4-8-12/h2-10H,11H2,1H3/p+1. The fourth-order valence-electron chi connectivity index (χ4n) is 2.85. The third kappa shape index (κ3) is 3.16. The number of fused-ring (bicyclic) bond motifs is 1. The van der Waals surface area contributed by atoms with Gasteiger partial charge in [-0.1, -0.05) is 46.8 Å². The van der Waals surface area contributed by atoms with Crippen LogP contribution in [0.5, 0.6) is 0 Å². The van der Waals surface area contributed by atoms with Crippen LogP contribution in [0.3, 0.4) is 0 Å². The molecule has 8 nitrogen and oxygen atoms in total. The molecule has 0 spiro atoms. The number of hydrogen-bond acceptors (Lipinski definition) is 6. The highest BCUT2D eigenvalue weighted by Gasteiger charge is 2.27. The number of aromatic amines is 1. The predicted octanol–water partition coefficient (Wildman–Crippen LogP) is 1.47. The van der Waals surface area contributed by atoms with E-state index in [1.54, 1.807) is 36.4 Å². The Labute approximate surface area is 162 Å². The Morgan fingerprint density at radius 3 is 2.57 bits per heavy atom. The lowest BCUT2D eigenvalue weighted by Gasteiger charge is -2.12. The zero-order valence-corrected chi connectivity index (χ0v) is 15.6. The number of hydrogen-bond donors (Lipinski definition) is 1.